The molecule has 0 unspecified atom stereocenters. The Hall–Kier alpha value is -2.68. The quantitative estimate of drug-likeness (QED) is 0.737. The van der Waals surface area contributed by atoms with E-state index in [0.717, 1.165) is 22.5 Å². The Morgan fingerprint density at radius 1 is 1.21 bits per heavy atom. The molecule has 178 valence electrons. The average Bonchev–Trinajstić information content (AvgIpc) is 3.40. The average molecular weight is 473 g/mol. The van der Waals surface area contributed by atoms with Crippen molar-refractivity contribution in [1.29, 1.82) is 0 Å². The number of aromatic nitrogens is 2. The molecule has 0 aliphatic carbocycles. The first-order chi connectivity index (χ1) is 15.4. The number of amides is 2. The van der Waals surface area contributed by atoms with Crippen LogP contribution < -0.4 is 10.2 Å². The van der Waals surface area contributed by atoms with Crippen LogP contribution in [0.25, 0.3) is 0 Å². The van der Waals surface area contributed by atoms with Gasteiger partial charge in [-0.05, 0) is 37.5 Å². The minimum Gasteiger partial charge on any atom is -0.311 e. The fourth-order valence-corrected chi connectivity index (χ4v) is 6.17. The fourth-order valence-electron chi connectivity index (χ4n) is 4.47. The van der Waals surface area contributed by atoms with Gasteiger partial charge in [-0.1, -0.05) is 32.9 Å². The molecule has 3 heterocycles. The third kappa shape index (κ3) is 4.69. The van der Waals surface area contributed by atoms with Crippen LogP contribution >= 0.6 is 0 Å². The lowest BCUT2D eigenvalue weighted by Crippen LogP contribution is -2.29. The second kappa shape index (κ2) is 8.27. The maximum Gasteiger partial charge on any atom is 0.230 e. The van der Waals surface area contributed by atoms with E-state index in [2.05, 4.69) is 10.4 Å². The molecule has 9 heteroatoms. The molecule has 33 heavy (non-hydrogen) atoms. The summed E-state index contributed by atoms with van der Waals surface area (Å²) in [7, 11) is -3.11. The van der Waals surface area contributed by atoms with E-state index >= 15 is 0 Å². The normalized spacial score (nSPS) is 22.7. The monoisotopic (exact) mass is 472 g/mol. The smallest absolute Gasteiger partial charge is 0.230 e. The summed E-state index contributed by atoms with van der Waals surface area (Å²) in [6, 6.07) is 7.34. The van der Waals surface area contributed by atoms with Crippen molar-refractivity contribution in [3.05, 3.63) is 41.1 Å². The minimum absolute atomic E-state index is 0.0173. The van der Waals surface area contributed by atoms with Crippen LogP contribution in [-0.2, 0) is 24.8 Å². The molecule has 8 nitrogen and oxygen atoms in total. The molecule has 0 radical (unpaired) electrons. The minimum atomic E-state index is -3.11. The molecular weight excluding hydrogens is 440 g/mol. The Kier molecular flexibility index (Phi) is 5.88. The molecule has 1 aromatic heterocycles. The molecule has 0 spiro atoms. The molecule has 2 fully saturated rings. The molecule has 0 bridgehead atoms. The Bertz CT molecular complexity index is 1210. The van der Waals surface area contributed by atoms with E-state index in [1.165, 1.54) is 0 Å². The summed E-state index contributed by atoms with van der Waals surface area (Å²) >= 11 is 0. The number of nitrogens with zero attached hydrogens (tertiary/aromatic N) is 3. The highest BCUT2D eigenvalue weighted by Gasteiger charge is 2.37. The van der Waals surface area contributed by atoms with Gasteiger partial charge in [0.1, 0.15) is 5.82 Å². The SMILES string of the molecule is Cc1cccc(N2C[C@H](C(=O)Nc3cc(C(C)(C)C)nn3[C@H]3CCS(=O)(=O)C3)CC2=O)c1C. The van der Waals surface area contributed by atoms with Crippen LogP contribution in [0.5, 0.6) is 0 Å². The predicted octanol–water partition coefficient (Wildman–Crippen LogP) is 3.15. The summed E-state index contributed by atoms with van der Waals surface area (Å²) < 4.78 is 25.8. The van der Waals surface area contributed by atoms with E-state index in [9.17, 15) is 18.0 Å². The highest BCUT2D eigenvalue weighted by atomic mass is 32.2. The van der Waals surface area contributed by atoms with Crippen molar-refractivity contribution in [2.75, 3.05) is 28.3 Å². The predicted molar refractivity (Wildman–Crippen MR) is 128 cm³/mol. The van der Waals surface area contributed by atoms with Crippen LogP contribution in [-0.4, -0.2) is 48.1 Å². The number of carbonyl (C=O) groups excluding carboxylic acids is 2. The van der Waals surface area contributed by atoms with E-state index in [1.807, 2.05) is 58.9 Å². The molecule has 2 atom stereocenters. The van der Waals surface area contributed by atoms with E-state index in [4.69, 9.17) is 0 Å². The third-order valence-electron chi connectivity index (χ3n) is 6.67. The molecule has 2 aliphatic rings. The Labute approximate surface area is 195 Å². The van der Waals surface area contributed by atoms with Gasteiger partial charge in [0.15, 0.2) is 9.84 Å². The van der Waals surface area contributed by atoms with Crippen LogP contribution in [0.15, 0.2) is 24.3 Å². The molecule has 2 amide bonds. The number of carbonyl (C=O) groups is 2. The largest absolute Gasteiger partial charge is 0.311 e. The highest BCUT2D eigenvalue weighted by molar-refractivity contribution is 7.91. The van der Waals surface area contributed by atoms with Gasteiger partial charge in [0.05, 0.1) is 29.2 Å². The van der Waals surface area contributed by atoms with Gasteiger partial charge in [-0.15, -0.1) is 0 Å². The molecule has 2 saturated heterocycles. The molecule has 2 aromatic rings. The van der Waals surface area contributed by atoms with Gasteiger partial charge in [0.2, 0.25) is 11.8 Å². The Morgan fingerprint density at radius 2 is 1.94 bits per heavy atom. The van der Waals surface area contributed by atoms with Crippen molar-refractivity contribution in [2.45, 2.75) is 58.9 Å². The summed E-state index contributed by atoms with van der Waals surface area (Å²) in [6.07, 6.45) is 0.607. The lowest BCUT2D eigenvalue weighted by molar-refractivity contribution is -0.122. The summed E-state index contributed by atoms with van der Waals surface area (Å²) in [5.41, 5.74) is 3.49. The molecule has 4 rings (SSSR count). The summed E-state index contributed by atoms with van der Waals surface area (Å²) in [5.74, 6) is -0.190. The maximum absolute atomic E-state index is 13.2. The standard InChI is InChI=1S/C24H32N4O4S/c1-15-7-6-8-19(16(15)2)27-13-17(11-22(27)29)23(30)25-21-12-20(24(3,4)5)26-28(21)18-9-10-33(31,32)14-18/h6-8,12,17-18H,9-11,13-14H2,1-5H3,(H,25,30)/t17-,18+/m1/s1. The molecule has 1 N–H and O–H groups in total. The van der Waals surface area contributed by atoms with Gasteiger partial charge in [0.25, 0.3) is 0 Å². The van der Waals surface area contributed by atoms with Gasteiger partial charge in [-0.25, -0.2) is 13.1 Å². The van der Waals surface area contributed by atoms with Crippen LogP contribution in [0, 0.1) is 19.8 Å². The van der Waals surface area contributed by atoms with E-state index in [1.54, 1.807) is 9.58 Å². The van der Waals surface area contributed by atoms with Crippen molar-refractivity contribution < 1.29 is 18.0 Å². The van der Waals surface area contributed by atoms with Crippen LogP contribution in [0.1, 0.15) is 56.5 Å². The van der Waals surface area contributed by atoms with Gasteiger partial charge >= 0.3 is 0 Å². The van der Waals surface area contributed by atoms with Crippen LogP contribution in [0.4, 0.5) is 11.5 Å². The van der Waals surface area contributed by atoms with E-state index in [-0.39, 0.29) is 41.2 Å². The molecular formula is C24H32N4O4S. The van der Waals surface area contributed by atoms with Crippen molar-refractivity contribution in [2.24, 2.45) is 5.92 Å². The second-order valence-corrected chi connectivity index (χ2v) is 12.5. The number of hydrogen-bond donors (Lipinski definition) is 1. The third-order valence-corrected chi connectivity index (χ3v) is 8.42. The zero-order valence-corrected chi connectivity index (χ0v) is 20.7. The number of sulfone groups is 1. The number of anilines is 2. The van der Waals surface area contributed by atoms with Gasteiger partial charge in [-0.3, -0.25) is 9.59 Å². The van der Waals surface area contributed by atoms with Crippen LogP contribution in [0.3, 0.4) is 0 Å². The van der Waals surface area contributed by atoms with Crippen molar-refractivity contribution in [3.8, 4) is 0 Å². The summed E-state index contributed by atoms with van der Waals surface area (Å²) in [4.78, 5) is 27.6. The molecule has 1 aromatic carbocycles. The first kappa shape index (κ1) is 23.5. The topological polar surface area (TPSA) is 101 Å². The van der Waals surface area contributed by atoms with E-state index < -0.39 is 15.8 Å². The van der Waals surface area contributed by atoms with Crippen molar-refractivity contribution in [3.63, 3.8) is 0 Å². The zero-order chi connectivity index (χ0) is 24.1. The first-order valence-corrected chi connectivity index (χ1v) is 13.2. The number of benzene rings is 1. The second-order valence-electron chi connectivity index (χ2n) is 10.3. The van der Waals surface area contributed by atoms with Gasteiger partial charge in [0, 0.05) is 30.1 Å². The van der Waals surface area contributed by atoms with E-state index in [0.29, 0.717) is 18.8 Å². The number of aryl methyl sites for hydroxylation is 1. The fraction of sp³-hybridized carbons (Fsp3) is 0.542. The number of nitrogens with one attached hydrogen (secondary N) is 1. The summed E-state index contributed by atoms with van der Waals surface area (Å²) in [5, 5.41) is 7.62. The zero-order valence-electron chi connectivity index (χ0n) is 19.9. The molecule has 0 saturated carbocycles. The van der Waals surface area contributed by atoms with Gasteiger partial charge < -0.3 is 10.2 Å². The Balaban J connectivity index is 1.56. The van der Waals surface area contributed by atoms with Crippen molar-refractivity contribution in [1.82, 2.24) is 9.78 Å². The maximum atomic E-state index is 13.2. The number of hydrogen-bond acceptors (Lipinski definition) is 5. The first-order valence-electron chi connectivity index (χ1n) is 11.3. The lowest BCUT2D eigenvalue weighted by atomic mass is 9.92. The highest BCUT2D eigenvalue weighted by Crippen LogP contribution is 2.33. The molecule has 2 aliphatic heterocycles. The summed E-state index contributed by atoms with van der Waals surface area (Å²) in [6.45, 7) is 10.4. The number of rotatable bonds is 4. The lowest BCUT2D eigenvalue weighted by Gasteiger charge is -2.20. The Morgan fingerprint density at radius 3 is 2.58 bits per heavy atom. The van der Waals surface area contributed by atoms with Gasteiger partial charge in [-0.2, -0.15) is 5.10 Å². The van der Waals surface area contributed by atoms with Crippen molar-refractivity contribution >= 4 is 33.2 Å². The van der Waals surface area contributed by atoms with Crippen LogP contribution in [0.2, 0.25) is 0 Å².